The molecule has 1 atom stereocenters. The number of carboxylic acids is 1. The second-order valence-electron chi connectivity index (χ2n) is 8.29. The smallest absolute Gasteiger partial charge is 0.490 e. The standard InChI is InChI=1S/C24H25N7O3.C2HF3O2/c1-3-34-19-10-9-17(14-20(19)33-2)18(13-15-5-7-16(8-6-15)21(25)26)22-29-24(32)31(30-22)23-27-11-4-12-28-23;3-2(4,5)1(6)7/h4-12,14,18H,3,13H2,1-2H3,(H3,25,26)(H,29,30,32);(H,6,7). The summed E-state index contributed by atoms with van der Waals surface area (Å²) in [6.07, 6.45) is -1.46. The van der Waals surface area contributed by atoms with Crippen LogP contribution in [0.3, 0.4) is 0 Å². The van der Waals surface area contributed by atoms with Crippen LogP contribution in [0.1, 0.15) is 35.4 Å². The lowest BCUT2D eigenvalue weighted by molar-refractivity contribution is -0.192. The Bertz CT molecular complexity index is 1540. The van der Waals surface area contributed by atoms with Gasteiger partial charge >= 0.3 is 17.8 Å². The number of aliphatic carboxylic acids is 1. The van der Waals surface area contributed by atoms with Gasteiger partial charge in [-0.1, -0.05) is 30.3 Å². The molecule has 5 N–H and O–H groups in total. The number of aromatic nitrogens is 5. The molecule has 2 aromatic heterocycles. The van der Waals surface area contributed by atoms with Gasteiger partial charge in [-0.05, 0) is 42.7 Å². The van der Waals surface area contributed by atoms with Crippen molar-refractivity contribution >= 4 is 11.8 Å². The van der Waals surface area contributed by atoms with Crippen LogP contribution in [0, 0.1) is 5.41 Å². The Morgan fingerprint density at radius 3 is 2.32 bits per heavy atom. The number of carboxylic acid groups (broad SMARTS) is 1. The minimum absolute atomic E-state index is 0.00489. The first kappa shape index (κ1) is 30.3. The number of carbonyl (C=O) groups is 1. The van der Waals surface area contributed by atoms with Crippen molar-refractivity contribution in [3.63, 3.8) is 0 Å². The molecule has 1 unspecified atom stereocenters. The number of methoxy groups -OCH3 is 1. The Morgan fingerprint density at radius 2 is 1.78 bits per heavy atom. The zero-order chi connectivity index (χ0) is 30.2. The molecule has 0 aliphatic heterocycles. The summed E-state index contributed by atoms with van der Waals surface area (Å²) in [7, 11) is 1.58. The quantitative estimate of drug-likeness (QED) is 0.173. The van der Waals surface area contributed by atoms with E-state index in [4.69, 9.17) is 30.5 Å². The molecule has 15 heteroatoms. The molecule has 0 amide bonds. The Kier molecular flexibility index (Phi) is 9.79. The van der Waals surface area contributed by atoms with Crippen LogP contribution in [0.5, 0.6) is 11.5 Å². The Morgan fingerprint density at radius 1 is 1.15 bits per heavy atom. The van der Waals surface area contributed by atoms with Crippen LogP contribution in [0.4, 0.5) is 13.2 Å². The van der Waals surface area contributed by atoms with E-state index in [0.29, 0.717) is 35.9 Å². The maximum atomic E-state index is 12.7. The van der Waals surface area contributed by atoms with E-state index in [9.17, 15) is 18.0 Å². The molecule has 216 valence electrons. The van der Waals surface area contributed by atoms with E-state index < -0.39 is 17.8 Å². The fourth-order valence-electron chi connectivity index (χ4n) is 3.64. The Labute approximate surface area is 231 Å². The van der Waals surface area contributed by atoms with E-state index in [1.54, 1.807) is 37.7 Å². The van der Waals surface area contributed by atoms with Gasteiger partial charge in [0.15, 0.2) is 11.5 Å². The van der Waals surface area contributed by atoms with Crippen LogP contribution >= 0.6 is 0 Å². The van der Waals surface area contributed by atoms with Gasteiger partial charge in [-0.15, -0.1) is 9.78 Å². The van der Waals surface area contributed by atoms with Gasteiger partial charge in [0.05, 0.1) is 13.7 Å². The summed E-state index contributed by atoms with van der Waals surface area (Å²) >= 11 is 0. The van der Waals surface area contributed by atoms with E-state index in [0.717, 1.165) is 15.8 Å². The molecule has 41 heavy (non-hydrogen) atoms. The van der Waals surface area contributed by atoms with Gasteiger partial charge in [-0.25, -0.2) is 19.6 Å². The van der Waals surface area contributed by atoms with E-state index in [-0.39, 0.29) is 17.7 Å². The number of nitrogens with two attached hydrogens (primary N) is 1. The van der Waals surface area contributed by atoms with Gasteiger partial charge in [-0.2, -0.15) is 13.2 Å². The predicted octanol–water partition coefficient (Wildman–Crippen LogP) is 3.05. The van der Waals surface area contributed by atoms with Crippen molar-refractivity contribution in [3.05, 3.63) is 93.9 Å². The fourth-order valence-corrected chi connectivity index (χ4v) is 3.64. The number of aromatic amines is 1. The predicted molar refractivity (Wildman–Crippen MR) is 141 cm³/mol. The van der Waals surface area contributed by atoms with E-state index in [1.165, 1.54) is 0 Å². The van der Waals surface area contributed by atoms with Crippen LogP contribution in [-0.4, -0.2) is 61.5 Å². The number of H-pyrrole nitrogens is 1. The van der Waals surface area contributed by atoms with Crippen LogP contribution in [0.15, 0.2) is 65.7 Å². The second-order valence-corrected chi connectivity index (χ2v) is 8.29. The molecular weight excluding hydrogens is 547 g/mol. The zero-order valence-corrected chi connectivity index (χ0v) is 21.8. The fraction of sp³-hybridized carbons (Fsp3) is 0.231. The molecule has 4 rings (SSSR count). The number of hydrogen-bond donors (Lipinski definition) is 4. The largest absolute Gasteiger partial charge is 0.493 e. The third kappa shape index (κ3) is 7.90. The molecule has 0 bridgehead atoms. The lowest BCUT2D eigenvalue weighted by Gasteiger charge is -2.18. The molecule has 0 saturated carbocycles. The van der Waals surface area contributed by atoms with E-state index in [1.807, 2.05) is 37.3 Å². The average molecular weight is 574 g/mol. The molecule has 0 saturated heterocycles. The molecule has 4 aromatic rings. The molecular formula is C26H26F3N7O5. The average Bonchev–Trinajstić information content (AvgIpc) is 3.33. The highest BCUT2D eigenvalue weighted by atomic mass is 19.4. The van der Waals surface area contributed by atoms with Crippen molar-refractivity contribution < 1.29 is 32.5 Å². The molecule has 0 fully saturated rings. The molecule has 12 nitrogen and oxygen atoms in total. The third-order valence-corrected chi connectivity index (χ3v) is 5.54. The number of ether oxygens (including phenoxy) is 2. The van der Waals surface area contributed by atoms with Crippen LogP contribution in [0.25, 0.3) is 5.95 Å². The monoisotopic (exact) mass is 573 g/mol. The second kappa shape index (κ2) is 13.2. The number of rotatable bonds is 9. The first-order valence-electron chi connectivity index (χ1n) is 11.9. The number of amidine groups is 1. The topological polar surface area (TPSA) is 182 Å². The first-order valence-corrected chi connectivity index (χ1v) is 11.9. The molecule has 2 heterocycles. The SMILES string of the molecule is CCOc1ccc(C(Cc2ccc(C(=N)N)cc2)c2nn(-c3ncccn3)c(=O)[nH]2)cc1OC.O=C(O)C(F)(F)F. The molecule has 0 radical (unpaired) electrons. The number of halogens is 3. The molecule has 0 aliphatic rings. The van der Waals surface area contributed by atoms with Crippen molar-refractivity contribution in [2.24, 2.45) is 5.73 Å². The summed E-state index contributed by atoms with van der Waals surface area (Å²) in [6, 6.07) is 14.7. The molecule has 0 aliphatic carbocycles. The summed E-state index contributed by atoms with van der Waals surface area (Å²) in [6.45, 7) is 2.42. The van der Waals surface area contributed by atoms with Crippen molar-refractivity contribution in [2.75, 3.05) is 13.7 Å². The highest BCUT2D eigenvalue weighted by molar-refractivity contribution is 5.94. The highest BCUT2D eigenvalue weighted by Gasteiger charge is 2.38. The van der Waals surface area contributed by atoms with Crippen molar-refractivity contribution in [1.82, 2.24) is 24.7 Å². The maximum Gasteiger partial charge on any atom is 0.490 e. The van der Waals surface area contributed by atoms with Gasteiger partial charge < -0.3 is 20.3 Å². The third-order valence-electron chi connectivity index (χ3n) is 5.54. The Balaban J connectivity index is 0.000000587. The minimum atomic E-state index is -5.08. The van der Waals surface area contributed by atoms with E-state index >= 15 is 0 Å². The highest BCUT2D eigenvalue weighted by Crippen LogP contribution is 2.34. The number of nitrogens with zero attached hydrogens (tertiary/aromatic N) is 4. The number of hydrogen-bond acceptors (Lipinski definition) is 8. The summed E-state index contributed by atoms with van der Waals surface area (Å²) in [4.78, 5) is 32.7. The van der Waals surface area contributed by atoms with Gasteiger partial charge in [0.25, 0.3) is 5.95 Å². The molecule has 2 aromatic carbocycles. The van der Waals surface area contributed by atoms with Gasteiger partial charge in [0, 0.05) is 23.9 Å². The maximum absolute atomic E-state index is 12.7. The van der Waals surface area contributed by atoms with Gasteiger partial charge in [0.1, 0.15) is 11.7 Å². The number of nitrogens with one attached hydrogen (secondary N) is 2. The summed E-state index contributed by atoms with van der Waals surface area (Å²) in [5.41, 5.74) is 7.65. The number of nitrogen functional groups attached to an aromatic ring is 1. The summed E-state index contributed by atoms with van der Waals surface area (Å²) < 4.78 is 44.1. The van der Waals surface area contributed by atoms with Gasteiger partial charge in [0.2, 0.25) is 0 Å². The summed E-state index contributed by atoms with van der Waals surface area (Å²) in [5.74, 6) is -1.20. The summed E-state index contributed by atoms with van der Waals surface area (Å²) in [5, 5.41) is 19.2. The minimum Gasteiger partial charge on any atom is -0.493 e. The Hall–Kier alpha value is -5.21. The number of alkyl halides is 3. The van der Waals surface area contributed by atoms with Crippen molar-refractivity contribution in [3.8, 4) is 17.4 Å². The van der Waals surface area contributed by atoms with E-state index in [2.05, 4.69) is 20.1 Å². The van der Waals surface area contributed by atoms with Crippen LogP contribution in [0.2, 0.25) is 0 Å². The van der Waals surface area contributed by atoms with Crippen LogP contribution < -0.4 is 20.9 Å². The first-order chi connectivity index (χ1) is 19.4. The normalized spacial score (nSPS) is 11.6. The van der Waals surface area contributed by atoms with Crippen molar-refractivity contribution in [2.45, 2.75) is 25.4 Å². The number of benzene rings is 2. The molecule has 0 spiro atoms. The lowest BCUT2D eigenvalue weighted by atomic mass is 9.90. The van der Waals surface area contributed by atoms with Gasteiger partial charge in [-0.3, -0.25) is 10.4 Å². The zero-order valence-electron chi connectivity index (χ0n) is 21.8. The lowest BCUT2D eigenvalue weighted by Crippen LogP contribution is -2.21. The van der Waals surface area contributed by atoms with Crippen LogP contribution in [-0.2, 0) is 11.2 Å². The van der Waals surface area contributed by atoms with Crippen molar-refractivity contribution in [1.29, 1.82) is 5.41 Å².